The number of carbonyl (C=O) groups is 2. The first-order chi connectivity index (χ1) is 13.3. The van der Waals surface area contributed by atoms with Gasteiger partial charge in [0.2, 0.25) is 0 Å². The highest BCUT2D eigenvalue weighted by Crippen LogP contribution is 2.24. The van der Waals surface area contributed by atoms with Gasteiger partial charge in [-0.05, 0) is 54.6 Å². The largest absolute Gasteiger partial charge is 0.322 e. The van der Waals surface area contributed by atoms with E-state index >= 15 is 0 Å². The first-order valence-electron chi connectivity index (χ1n) is 7.96. The molecule has 28 heavy (non-hydrogen) atoms. The smallest absolute Gasteiger partial charge is 0.257 e. The molecule has 0 heterocycles. The van der Waals surface area contributed by atoms with Crippen LogP contribution in [0.1, 0.15) is 20.7 Å². The molecule has 3 aromatic rings. The lowest BCUT2D eigenvalue weighted by Gasteiger charge is -2.10. The number of rotatable bonds is 4. The second-order valence-electron chi connectivity index (χ2n) is 5.74. The quantitative estimate of drug-likeness (QED) is 0.456. The normalized spacial score (nSPS) is 10.4. The third-order valence-corrected chi connectivity index (χ3v) is 4.83. The van der Waals surface area contributed by atoms with Gasteiger partial charge in [-0.3, -0.25) is 9.59 Å². The van der Waals surface area contributed by atoms with Gasteiger partial charge < -0.3 is 10.6 Å². The first kappa shape index (κ1) is 20.5. The van der Waals surface area contributed by atoms with Crippen LogP contribution in [-0.4, -0.2) is 11.8 Å². The van der Waals surface area contributed by atoms with E-state index in [-0.39, 0.29) is 21.2 Å². The molecule has 3 aromatic carbocycles. The van der Waals surface area contributed by atoms with E-state index in [9.17, 15) is 9.59 Å². The predicted molar refractivity (Wildman–Crippen MR) is 115 cm³/mol. The summed E-state index contributed by atoms with van der Waals surface area (Å²) in [5.74, 6) is -0.795. The minimum Gasteiger partial charge on any atom is -0.322 e. The Morgan fingerprint density at radius 3 is 1.43 bits per heavy atom. The van der Waals surface area contributed by atoms with E-state index in [2.05, 4.69) is 10.6 Å². The van der Waals surface area contributed by atoms with Crippen LogP contribution >= 0.6 is 46.4 Å². The number of amides is 2. The zero-order valence-corrected chi connectivity index (χ0v) is 17.1. The van der Waals surface area contributed by atoms with Crippen LogP contribution < -0.4 is 10.6 Å². The minimum atomic E-state index is -0.397. The van der Waals surface area contributed by atoms with Crippen LogP contribution in [0, 0.1) is 0 Å². The molecule has 0 radical (unpaired) electrons. The monoisotopic (exact) mass is 452 g/mol. The molecule has 0 aliphatic carbocycles. The highest BCUT2D eigenvalue weighted by atomic mass is 35.5. The summed E-state index contributed by atoms with van der Waals surface area (Å²) in [6, 6.07) is 15.9. The maximum atomic E-state index is 12.4. The Balaban J connectivity index is 1.75. The van der Waals surface area contributed by atoms with Crippen LogP contribution in [0.25, 0.3) is 0 Å². The molecule has 0 aliphatic rings. The molecule has 0 spiro atoms. The first-order valence-corrected chi connectivity index (χ1v) is 9.47. The third-order valence-electron chi connectivity index (χ3n) is 3.73. The Kier molecular flexibility index (Phi) is 6.47. The summed E-state index contributed by atoms with van der Waals surface area (Å²) in [6.45, 7) is 0. The molecule has 0 aromatic heterocycles. The van der Waals surface area contributed by atoms with E-state index in [1.807, 2.05) is 0 Å². The zero-order valence-electron chi connectivity index (χ0n) is 14.1. The van der Waals surface area contributed by atoms with E-state index < -0.39 is 11.8 Å². The van der Waals surface area contributed by atoms with Gasteiger partial charge in [0.05, 0.1) is 21.2 Å². The summed E-state index contributed by atoms with van der Waals surface area (Å²) in [5.41, 5.74) is 1.54. The van der Waals surface area contributed by atoms with Gasteiger partial charge in [-0.1, -0.05) is 52.5 Å². The Labute approximate surface area is 181 Å². The molecule has 0 atom stereocenters. The summed E-state index contributed by atoms with van der Waals surface area (Å²) in [7, 11) is 0. The minimum absolute atomic E-state index is 0.242. The average Bonchev–Trinajstić information content (AvgIpc) is 2.61. The topological polar surface area (TPSA) is 58.2 Å². The van der Waals surface area contributed by atoms with Gasteiger partial charge in [0.25, 0.3) is 11.8 Å². The van der Waals surface area contributed by atoms with Crippen molar-refractivity contribution in [1.29, 1.82) is 0 Å². The number of anilines is 2. The summed E-state index contributed by atoms with van der Waals surface area (Å²) in [5, 5.41) is 6.82. The number of benzene rings is 3. The maximum absolute atomic E-state index is 12.4. The van der Waals surface area contributed by atoms with Crippen molar-refractivity contribution in [3.63, 3.8) is 0 Å². The van der Waals surface area contributed by atoms with Crippen molar-refractivity contribution < 1.29 is 9.59 Å². The molecule has 0 saturated carbocycles. The van der Waals surface area contributed by atoms with Crippen molar-refractivity contribution in [3.05, 3.63) is 91.9 Å². The molecule has 0 saturated heterocycles. The second kappa shape index (κ2) is 8.84. The fourth-order valence-electron chi connectivity index (χ4n) is 2.42. The van der Waals surface area contributed by atoms with Crippen molar-refractivity contribution in [2.75, 3.05) is 10.6 Å². The van der Waals surface area contributed by atoms with Crippen LogP contribution in [-0.2, 0) is 0 Å². The molecule has 0 fully saturated rings. The fourth-order valence-corrected chi connectivity index (χ4v) is 3.41. The van der Waals surface area contributed by atoms with Gasteiger partial charge in [-0.2, -0.15) is 0 Å². The number of hydrogen-bond acceptors (Lipinski definition) is 2. The highest BCUT2D eigenvalue weighted by molar-refractivity contribution is 6.37. The van der Waals surface area contributed by atoms with E-state index in [1.165, 1.54) is 24.3 Å². The van der Waals surface area contributed by atoms with Crippen molar-refractivity contribution >= 4 is 69.6 Å². The summed E-state index contributed by atoms with van der Waals surface area (Å²) in [6.07, 6.45) is 0. The molecule has 4 nitrogen and oxygen atoms in total. The predicted octanol–water partition coefficient (Wildman–Crippen LogP) is 6.80. The lowest BCUT2D eigenvalue weighted by molar-refractivity contribution is 0.101. The highest BCUT2D eigenvalue weighted by Gasteiger charge is 2.13. The van der Waals surface area contributed by atoms with Gasteiger partial charge in [0.15, 0.2) is 0 Å². The van der Waals surface area contributed by atoms with Crippen molar-refractivity contribution in [3.8, 4) is 0 Å². The lowest BCUT2D eigenvalue weighted by Crippen LogP contribution is -2.14. The van der Waals surface area contributed by atoms with Crippen LogP contribution in [0.3, 0.4) is 0 Å². The molecule has 3 rings (SSSR count). The van der Waals surface area contributed by atoms with Gasteiger partial charge in [-0.25, -0.2) is 0 Å². The van der Waals surface area contributed by atoms with Gasteiger partial charge in [0.1, 0.15) is 0 Å². The van der Waals surface area contributed by atoms with Gasteiger partial charge in [0, 0.05) is 21.4 Å². The molecule has 2 N–H and O–H groups in total. The molecule has 0 aliphatic heterocycles. The van der Waals surface area contributed by atoms with Crippen molar-refractivity contribution in [2.45, 2.75) is 0 Å². The number of halogens is 4. The van der Waals surface area contributed by atoms with E-state index in [1.54, 1.807) is 36.4 Å². The van der Waals surface area contributed by atoms with Gasteiger partial charge in [-0.15, -0.1) is 0 Å². The zero-order chi connectivity index (χ0) is 20.3. The Morgan fingerprint density at radius 1 is 0.607 bits per heavy atom. The van der Waals surface area contributed by atoms with Crippen LogP contribution in [0.5, 0.6) is 0 Å². The standard InChI is InChI=1S/C20H12Cl4N2O2/c21-11-4-6-15(17(23)8-11)19(27)25-13-2-1-3-14(10-13)26-20(28)16-7-5-12(22)9-18(16)24/h1-10H,(H,25,27)(H,26,28). The van der Waals surface area contributed by atoms with Crippen molar-refractivity contribution in [1.82, 2.24) is 0 Å². The van der Waals surface area contributed by atoms with Gasteiger partial charge >= 0.3 is 0 Å². The number of carbonyl (C=O) groups excluding carboxylic acids is 2. The summed E-state index contributed by atoms with van der Waals surface area (Å²) in [4.78, 5) is 24.8. The molecule has 142 valence electrons. The molecular formula is C20H12Cl4N2O2. The Bertz CT molecular complexity index is 989. The molecule has 8 heteroatoms. The number of nitrogens with one attached hydrogen (secondary N) is 2. The maximum Gasteiger partial charge on any atom is 0.257 e. The Morgan fingerprint density at radius 2 is 1.04 bits per heavy atom. The second-order valence-corrected chi connectivity index (χ2v) is 7.42. The summed E-state index contributed by atoms with van der Waals surface area (Å²) >= 11 is 23.8. The van der Waals surface area contributed by atoms with E-state index in [4.69, 9.17) is 46.4 Å². The average molecular weight is 454 g/mol. The van der Waals surface area contributed by atoms with Crippen molar-refractivity contribution in [2.24, 2.45) is 0 Å². The third kappa shape index (κ3) is 4.97. The van der Waals surface area contributed by atoms with E-state index in [0.717, 1.165) is 0 Å². The van der Waals surface area contributed by atoms with E-state index in [0.29, 0.717) is 21.4 Å². The summed E-state index contributed by atoms with van der Waals surface area (Å²) < 4.78 is 0. The van der Waals surface area contributed by atoms with Crippen LogP contribution in [0.15, 0.2) is 60.7 Å². The SMILES string of the molecule is O=C(Nc1cccc(NC(=O)c2ccc(Cl)cc2Cl)c1)c1ccc(Cl)cc1Cl. The molecule has 2 amide bonds. The van der Waals surface area contributed by atoms with Crippen LogP contribution in [0.4, 0.5) is 11.4 Å². The fraction of sp³-hybridized carbons (Fsp3) is 0. The lowest BCUT2D eigenvalue weighted by atomic mass is 10.2. The molecule has 0 bridgehead atoms. The number of hydrogen-bond donors (Lipinski definition) is 2. The van der Waals surface area contributed by atoms with Crippen LogP contribution in [0.2, 0.25) is 20.1 Å². The molecular weight excluding hydrogens is 442 g/mol. The Hall–Kier alpha value is -2.24. The molecule has 0 unspecified atom stereocenters.